The molecule has 4 rings (SSSR count). The highest BCUT2D eigenvalue weighted by Crippen LogP contribution is 2.57. The first-order chi connectivity index (χ1) is 13.6. The summed E-state index contributed by atoms with van der Waals surface area (Å²) in [6.45, 7) is 8.28. The van der Waals surface area contributed by atoms with E-state index in [1.54, 1.807) is 18.2 Å². The Hall–Kier alpha value is -2.69. The number of carbonyl (C=O) groups excluding carboxylic acids is 2. The van der Waals surface area contributed by atoms with Crippen LogP contribution in [0.25, 0.3) is 11.0 Å². The van der Waals surface area contributed by atoms with Gasteiger partial charge in [0.2, 0.25) is 0 Å². The lowest BCUT2D eigenvalue weighted by molar-refractivity contribution is -0.153. The lowest BCUT2D eigenvalue weighted by atomic mass is 9.48. The van der Waals surface area contributed by atoms with E-state index in [-0.39, 0.29) is 28.8 Å². The van der Waals surface area contributed by atoms with E-state index in [4.69, 9.17) is 9.15 Å². The molecule has 0 amide bonds. The Morgan fingerprint density at radius 3 is 2.59 bits per heavy atom. The van der Waals surface area contributed by atoms with Crippen LogP contribution in [0, 0.1) is 22.7 Å². The van der Waals surface area contributed by atoms with Crippen molar-refractivity contribution in [3.8, 4) is 5.75 Å². The van der Waals surface area contributed by atoms with E-state index < -0.39 is 11.0 Å². The smallest absolute Gasteiger partial charge is 0.336 e. The summed E-state index contributed by atoms with van der Waals surface area (Å²) in [4.78, 5) is 36.9. The predicted octanol–water partition coefficient (Wildman–Crippen LogP) is 4.33. The molecule has 1 saturated carbocycles. The van der Waals surface area contributed by atoms with Gasteiger partial charge in [-0.25, -0.2) is 4.79 Å². The predicted molar refractivity (Wildman–Crippen MR) is 110 cm³/mol. The van der Waals surface area contributed by atoms with Crippen LogP contribution in [-0.4, -0.2) is 18.2 Å². The molecule has 0 spiro atoms. The van der Waals surface area contributed by atoms with E-state index in [0.717, 1.165) is 11.0 Å². The molecule has 5 heteroatoms. The van der Waals surface area contributed by atoms with Gasteiger partial charge in [0.1, 0.15) is 17.1 Å². The van der Waals surface area contributed by atoms with Crippen LogP contribution in [0.5, 0.6) is 5.75 Å². The van der Waals surface area contributed by atoms with Crippen molar-refractivity contribution in [2.75, 3.05) is 6.61 Å². The normalized spacial score (nSPS) is 28.8. The summed E-state index contributed by atoms with van der Waals surface area (Å²) < 4.78 is 11.4. The SMILES string of the molecule is CC1=CC(=O)[C@H]2C(C)(C)C(=O)CC[C@]2(C)[C@H]1COc1ccc2ccc(=O)oc2c1. The Kier molecular flexibility index (Phi) is 4.52. The number of Topliss-reactive ketones (excluding diaryl/α,β-unsaturated/α-hetero) is 1. The lowest BCUT2D eigenvalue weighted by Gasteiger charge is -2.54. The fraction of sp³-hybridized carbons (Fsp3) is 0.458. The summed E-state index contributed by atoms with van der Waals surface area (Å²) >= 11 is 0. The van der Waals surface area contributed by atoms with Crippen LogP contribution in [0.15, 0.2) is 51.2 Å². The average molecular weight is 394 g/mol. The molecule has 5 nitrogen and oxygen atoms in total. The van der Waals surface area contributed by atoms with Gasteiger partial charge in [-0.3, -0.25) is 9.59 Å². The van der Waals surface area contributed by atoms with Gasteiger partial charge in [-0.15, -0.1) is 0 Å². The Morgan fingerprint density at radius 1 is 1.10 bits per heavy atom. The monoisotopic (exact) mass is 394 g/mol. The maximum Gasteiger partial charge on any atom is 0.336 e. The third kappa shape index (κ3) is 3.13. The third-order valence-corrected chi connectivity index (χ3v) is 7.00. The molecule has 1 aromatic carbocycles. The molecule has 0 N–H and O–H groups in total. The van der Waals surface area contributed by atoms with E-state index in [9.17, 15) is 14.4 Å². The Balaban J connectivity index is 1.64. The quantitative estimate of drug-likeness (QED) is 0.725. The molecule has 0 radical (unpaired) electrons. The van der Waals surface area contributed by atoms with E-state index in [0.29, 0.717) is 30.8 Å². The number of carbonyl (C=O) groups is 2. The van der Waals surface area contributed by atoms with E-state index in [2.05, 4.69) is 6.92 Å². The minimum Gasteiger partial charge on any atom is -0.493 e. The fourth-order valence-corrected chi connectivity index (χ4v) is 5.45. The van der Waals surface area contributed by atoms with Gasteiger partial charge >= 0.3 is 5.63 Å². The maximum absolute atomic E-state index is 12.9. The van der Waals surface area contributed by atoms with Gasteiger partial charge in [0, 0.05) is 41.2 Å². The van der Waals surface area contributed by atoms with E-state index >= 15 is 0 Å². The number of hydrogen-bond acceptors (Lipinski definition) is 5. The summed E-state index contributed by atoms with van der Waals surface area (Å²) in [5, 5.41) is 0.829. The van der Waals surface area contributed by atoms with Crippen molar-refractivity contribution < 1.29 is 18.7 Å². The van der Waals surface area contributed by atoms with Crippen molar-refractivity contribution in [2.45, 2.75) is 40.5 Å². The first-order valence-electron chi connectivity index (χ1n) is 10.0. The van der Waals surface area contributed by atoms with Gasteiger partial charge in [0.15, 0.2) is 5.78 Å². The summed E-state index contributed by atoms with van der Waals surface area (Å²) in [6.07, 6.45) is 2.86. The van der Waals surface area contributed by atoms with Crippen LogP contribution >= 0.6 is 0 Å². The van der Waals surface area contributed by atoms with Crippen LogP contribution < -0.4 is 10.4 Å². The number of rotatable bonds is 3. The van der Waals surface area contributed by atoms with Crippen molar-refractivity contribution in [3.05, 3.63) is 52.4 Å². The van der Waals surface area contributed by atoms with Crippen LogP contribution in [0.4, 0.5) is 0 Å². The van der Waals surface area contributed by atoms with Gasteiger partial charge in [-0.2, -0.15) is 0 Å². The number of benzene rings is 1. The molecule has 0 saturated heterocycles. The minimum absolute atomic E-state index is 0.0241. The zero-order valence-electron chi connectivity index (χ0n) is 17.3. The molecule has 1 aromatic heterocycles. The molecular weight excluding hydrogens is 368 g/mol. The number of ketones is 2. The highest BCUT2D eigenvalue weighted by Gasteiger charge is 2.58. The number of ether oxygens (including phenoxy) is 1. The average Bonchev–Trinajstić information content (AvgIpc) is 2.64. The van der Waals surface area contributed by atoms with E-state index in [1.807, 2.05) is 32.9 Å². The standard InChI is InChI=1S/C24H26O5/c1-14-11-18(25)22-23(2,3)20(26)9-10-24(22,4)17(14)13-28-16-7-5-15-6-8-21(27)29-19(15)12-16/h5-8,11-12,17,22H,9-10,13H2,1-4H3/t17-,22-,24+/m0/s1. The zero-order chi connectivity index (χ0) is 21.0. The number of hydrogen-bond donors (Lipinski definition) is 0. The van der Waals surface area contributed by atoms with Gasteiger partial charge in [0.25, 0.3) is 0 Å². The van der Waals surface area contributed by atoms with E-state index in [1.165, 1.54) is 6.07 Å². The largest absolute Gasteiger partial charge is 0.493 e. The molecule has 2 aliphatic carbocycles. The van der Waals surface area contributed by atoms with Crippen molar-refractivity contribution in [1.29, 1.82) is 0 Å². The molecule has 2 aliphatic rings. The van der Waals surface area contributed by atoms with Crippen molar-refractivity contribution in [1.82, 2.24) is 0 Å². The number of allylic oxidation sites excluding steroid dienone is 1. The first kappa shape index (κ1) is 19.6. The van der Waals surface area contributed by atoms with Gasteiger partial charge < -0.3 is 9.15 Å². The Labute approximate surface area is 169 Å². The van der Waals surface area contributed by atoms with Crippen LogP contribution in [0.1, 0.15) is 40.5 Å². The molecule has 152 valence electrons. The van der Waals surface area contributed by atoms with Crippen LogP contribution in [-0.2, 0) is 9.59 Å². The summed E-state index contributed by atoms with van der Waals surface area (Å²) in [5.41, 5.74) is 0.0623. The maximum atomic E-state index is 12.9. The molecule has 0 unspecified atom stereocenters. The van der Waals surface area contributed by atoms with Crippen molar-refractivity contribution in [3.63, 3.8) is 0 Å². The second kappa shape index (κ2) is 6.68. The topological polar surface area (TPSA) is 73.6 Å². The lowest BCUT2D eigenvalue weighted by Crippen LogP contribution is -2.56. The first-order valence-corrected chi connectivity index (χ1v) is 10.0. The fourth-order valence-electron chi connectivity index (χ4n) is 5.45. The summed E-state index contributed by atoms with van der Waals surface area (Å²) in [6, 6.07) is 8.54. The summed E-state index contributed by atoms with van der Waals surface area (Å²) in [7, 11) is 0. The second-order valence-electron chi connectivity index (χ2n) is 9.19. The second-order valence-corrected chi connectivity index (χ2v) is 9.19. The summed E-state index contributed by atoms with van der Waals surface area (Å²) in [5.74, 6) is 0.499. The van der Waals surface area contributed by atoms with Crippen LogP contribution in [0.3, 0.4) is 0 Å². The zero-order valence-corrected chi connectivity index (χ0v) is 17.3. The van der Waals surface area contributed by atoms with Gasteiger partial charge in [-0.05, 0) is 43.0 Å². The molecule has 29 heavy (non-hydrogen) atoms. The molecule has 0 aliphatic heterocycles. The Bertz CT molecular complexity index is 1090. The van der Waals surface area contributed by atoms with Gasteiger partial charge in [-0.1, -0.05) is 26.3 Å². The molecule has 3 atom stereocenters. The molecule has 2 aromatic rings. The minimum atomic E-state index is -0.675. The number of fused-ring (bicyclic) bond motifs is 2. The highest BCUT2D eigenvalue weighted by atomic mass is 16.5. The third-order valence-electron chi connectivity index (χ3n) is 7.00. The van der Waals surface area contributed by atoms with Crippen molar-refractivity contribution >= 4 is 22.5 Å². The van der Waals surface area contributed by atoms with Crippen LogP contribution in [0.2, 0.25) is 0 Å². The molecular formula is C24H26O5. The molecule has 1 heterocycles. The molecule has 0 bridgehead atoms. The Morgan fingerprint density at radius 2 is 1.83 bits per heavy atom. The highest BCUT2D eigenvalue weighted by molar-refractivity contribution is 6.00. The molecule has 1 fully saturated rings. The van der Waals surface area contributed by atoms with Gasteiger partial charge in [0.05, 0.1) is 6.61 Å². The van der Waals surface area contributed by atoms with Crippen molar-refractivity contribution in [2.24, 2.45) is 22.7 Å².